The number of aromatic amines is 1. The molecule has 1 aliphatic heterocycles. The summed E-state index contributed by atoms with van der Waals surface area (Å²) in [7, 11) is 0. The quantitative estimate of drug-likeness (QED) is 0.700. The van der Waals surface area contributed by atoms with Crippen LogP contribution in [0.15, 0.2) is 54.6 Å². The number of hydrogen-bond donors (Lipinski definition) is 1. The molecule has 132 valence electrons. The number of benzene rings is 2. The van der Waals surface area contributed by atoms with Crippen molar-refractivity contribution in [3.8, 4) is 6.07 Å². The van der Waals surface area contributed by atoms with Crippen molar-refractivity contribution in [2.45, 2.75) is 20.4 Å². The molecule has 0 saturated carbocycles. The Morgan fingerprint density at radius 3 is 2.52 bits per heavy atom. The predicted octanol–water partition coefficient (Wildman–Crippen LogP) is 4.59. The van der Waals surface area contributed by atoms with Gasteiger partial charge in [-0.05, 0) is 55.3 Å². The van der Waals surface area contributed by atoms with Crippen molar-refractivity contribution in [1.82, 2.24) is 4.98 Å². The van der Waals surface area contributed by atoms with Gasteiger partial charge in [0.2, 0.25) is 0 Å². The molecule has 4 heteroatoms. The number of aryl methyl sites for hydroxylation is 2. The third kappa shape index (κ3) is 3.04. The Morgan fingerprint density at radius 2 is 1.85 bits per heavy atom. The van der Waals surface area contributed by atoms with Crippen molar-refractivity contribution in [1.29, 1.82) is 5.26 Å². The van der Waals surface area contributed by atoms with E-state index < -0.39 is 0 Å². The number of nitrogens with one attached hydrogen (secondary N) is 1. The van der Waals surface area contributed by atoms with Crippen molar-refractivity contribution in [3.05, 3.63) is 88.2 Å². The fraction of sp³-hybridized carbons (Fsp3) is 0.130. The highest BCUT2D eigenvalue weighted by Gasteiger charge is 2.32. The van der Waals surface area contributed by atoms with Gasteiger partial charge in [-0.3, -0.25) is 4.79 Å². The molecule has 2 heterocycles. The van der Waals surface area contributed by atoms with E-state index >= 15 is 0 Å². The molecular formula is C23H19N3O. The molecular weight excluding hydrogens is 334 g/mol. The number of carbonyl (C=O) groups excluding carboxylic acids is 1. The third-order valence-electron chi connectivity index (χ3n) is 4.86. The van der Waals surface area contributed by atoms with Crippen LogP contribution in [0.2, 0.25) is 0 Å². The normalized spacial score (nSPS) is 14.5. The van der Waals surface area contributed by atoms with Gasteiger partial charge >= 0.3 is 0 Å². The number of carbonyl (C=O) groups is 1. The molecule has 0 atom stereocenters. The molecule has 2 aromatic carbocycles. The van der Waals surface area contributed by atoms with E-state index in [0.29, 0.717) is 17.7 Å². The van der Waals surface area contributed by atoms with Crippen molar-refractivity contribution >= 4 is 23.2 Å². The van der Waals surface area contributed by atoms with Crippen LogP contribution < -0.4 is 4.90 Å². The zero-order valence-corrected chi connectivity index (χ0v) is 15.3. The average Bonchev–Trinajstić information content (AvgIpc) is 3.13. The topological polar surface area (TPSA) is 59.9 Å². The zero-order valence-electron chi connectivity index (χ0n) is 15.3. The monoisotopic (exact) mass is 353 g/mol. The summed E-state index contributed by atoms with van der Waals surface area (Å²) in [5, 5.41) is 8.96. The molecule has 3 aromatic rings. The summed E-state index contributed by atoms with van der Waals surface area (Å²) in [5.41, 5.74) is 7.33. The summed E-state index contributed by atoms with van der Waals surface area (Å²) < 4.78 is 0. The van der Waals surface area contributed by atoms with Gasteiger partial charge in [0.25, 0.3) is 5.91 Å². The summed E-state index contributed by atoms with van der Waals surface area (Å²) in [6, 6.07) is 19.4. The Kier molecular flexibility index (Phi) is 4.13. The lowest BCUT2D eigenvalue weighted by Crippen LogP contribution is -2.25. The third-order valence-corrected chi connectivity index (χ3v) is 4.86. The van der Waals surface area contributed by atoms with E-state index in [2.05, 4.69) is 17.1 Å². The molecule has 0 unspecified atom stereocenters. The van der Waals surface area contributed by atoms with E-state index in [0.717, 1.165) is 33.8 Å². The minimum absolute atomic E-state index is 0.00721. The van der Waals surface area contributed by atoms with E-state index in [-0.39, 0.29) is 5.91 Å². The molecule has 0 aliphatic carbocycles. The highest BCUT2D eigenvalue weighted by molar-refractivity contribution is 6.35. The summed E-state index contributed by atoms with van der Waals surface area (Å²) in [6.45, 7) is 4.52. The van der Waals surface area contributed by atoms with Crippen LogP contribution in [-0.2, 0) is 11.3 Å². The lowest BCUT2D eigenvalue weighted by molar-refractivity contribution is -0.113. The second-order valence-electron chi connectivity index (χ2n) is 6.82. The molecule has 0 saturated heterocycles. The number of para-hydroxylation sites is 1. The molecule has 0 spiro atoms. The smallest absolute Gasteiger partial charge is 0.259 e. The number of aromatic nitrogens is 1. The number of anilines is 1. The van der Waals surface area contributed by atoms with Gasteiger partial charge in [0.15, 0.2) is 0 Å². The SMILES string of the molecule is Cc1cc(C)c(/C=C2\C(=O)N(Cc3ccc(C#N)cc3)c3ccccc32)[nH]1. The Labute approximate surface area is 158 Å². The van der Waals surface area contributed by atoms with Crippen LogP contribution in [-0.4, -0.2) is 10.9 Å². The predicted molar refractivity (Wildman–Crippen MR) is 107 cm³/mol. The average molecular weight is 353 g/mol. The van der Waals surface area contributed by atoms with Gasteiger partial charge in [-0.2, -0.15) is 5.26 Å². The van der Waals surface area contributed by atoms with E-state index in [1.807, 2.05) is 56.3 Å². The fourth-order valence-corrected chi connectivity index (χ4v) is 3.51. The largest absolute Gasteiger partial charge is 0.359 e. The maximum Gasteiger partial charge on any atom is 0.259 e. The summed E-state index contributed by atoms with van der Waals surface area (Å²) in [4.78, 5) is 18.3. The highest BCUT2D eigenvalue weighted by Crippen LogP contribution is 2.38. The fourth-order valence-electron chi connectivity index (χ4n) is 3.51. The van der Waals surface area contributed by atoms with Crippen LogP contribution in [0.4, 0.5) is 5.69 Å². The van der Waals surface area contributed by atoms with Gasteiger partial charge in [0.1, 0.15) is 0 Å². The number of rotatable bonds is 3. The maximum atomic E-state index is 13.2. The lowest BCUT2D eigenvalue weighted by atomic mass is 10.1. The Bertz CT molecular complexity index is 1100. The molecule has 0 fully saturated rings. The van der Waals surface area contributed by atoms with Gasteiger partial charge < -0.3 is 9.88 Å². The van der Waals surface area contributed by atoms with Gasteiger partial charge in [-0.15, -0.1) is 0 Å². The van der Waals surface area contributed by atoms with Crippen LogP contribution in [0.3, 0.4) is 0 Å². The Hall–Kier alpha value is -3.58. The first-order valence-corrected chi connectivity index (χ1v) is 8.85. The Balaban J connectivity index is 1.73. The molecule has 4 rings (SSSR count). The standard InChI is InChI=1S/C23H19N3O/c1-15-11-16(2)25-21(15)12-20-19-5-3-4-6-22(19)26(23(20)27)14-18-9-7-17(13-24)8-10-18/h3-12,25H,14H2,1-2H3/b20-12-. The molecule has 27 heavy (non-hydrogen) atoms. The zero-order chi connectivity index (χ0) is 19.0. The van der Waals surface area contributed by atoms with E-state index in [1.165, 1.54) is 0 Å². The van der Waals surface area contributed by atoms with Crippen molar-refractivity contribution < 1.29 is 4.79 Å². The second kappa shape index (κ2) is 6.62. The molecule has 0 radical (unpaired) electrons. The van der Waals surface area contributed by atoms with Crippen LogP contribution in [0.1, 0.15) is 33.6 Å². The van der Waals surface area contributed by atoms with Gasteiger partial charge in [-0.25, -0.2) is 0 Å². The lowest BCUT2D eigenvalue weighted by Gasteiger charge is -2.17. The van der Waals surface area contributed by atoms with Crippen molar-refractivity contribution in [2.24, 2.45) is 0 Å². The first-order valence-electron chi connectivity index (χ1n) is 8.85. The minimum atomic E-state index is -0.00721. The molecule has 0 bridgehead atoms. The first kappa shape index (κ1) is 16.9. The molecule has 1 amide bonds. The molecule has 4 nitrogen and oxygen atoms in total. The highest BCUT2D eigenvalue weighted by atomic mass is 16.2. The summed E-state index contributed by atoms with van der Waals surface area (Å²) in [6.07, 6.45) is 1.95. The first-order chi connectivity index (χ1) is 13.1. The van der Waals surface area contributed by atoms with Gasteiger partial charge in [-0.1, -0.05) is 30.3 Å². The Morgan fingerprint density at radius 1 is 1.11 bits per heavy atom. The number of nitriles is 1. The number of amides is 1. The van der Waals surface area contributed by atoms with E-state index in [4.69, 9.17) is 5.26 Å². The number of fused-ring (bicyclic) bond motifs is 1. The minimum Gasteiger partial charge on any atom is -0.359 e. The molecule has 1 N–H and O–H groups in total. The van der Waals surface area contributed by atoms with Crippen LogP contribution >= 0.6 is 0 Å². The molecule has 1 aliphatic rings. The number of H-pyrrole nitrogens is 1. The van der Waals surface area contributed by atoms with Crippen molar-refractivity contribution in [3.63, 3.8) is 0 Å². The summed E-state index contributed by atoms with van der Waals surface area (Å²) >= 11 is 0. The maximum absolute atomic E-state index is 13.2. The van der Waals surface area contributed by atoms with Crippen molar-refractivity contribution in [2.75, 3.05) is 4.90 Å². The molecule has 1 aromatic heterocycles. The summed E-state index contributed by atoms with van der Waals surface area (Å²) in [5.74, 6) is -0.00721. The van der Waals surface area contributed by atoms with Crippen LogP contribution in [0.5, 0.6) is 0 Å². The number of nitrogens with zero attached hydrogens (tertiary/aromatic N) is 2. The second-order valence-corrected chi connectivity index (χ2v) is 6.82. The van der Waals surface area contributed by atoms with Gasteiger partial charge in [0.05, 0.1) is 29.4 Å². The van der Waals surface area contributed by atoms with E-state index in [1.54, 1.807) is 17.0 Å². The van der Waals surface area contributed by atoms with Crippen LogP contribution in [0, 0.1) is 25.2 Å². The van der Waals surface area contributed by atoms with Gasteiger partial charge in [0, 0.05) is 17.0 Å². The van der Waals surface area contributed by atoms with E-state index in [9.17, 15) is 4.79 Å². The number of hydrogen-bond acceptors (Lipinski definition) is 2. The van der Waals surface area contributed by atoms with Crippen LogP contribution in [0.25, 0.3) is 11.6 Å².